The number of rotatable bonds is 3. The van der Waals surface area contributed by atoms with E-state index in [9.17, 15) is 9.90 Å². The number of hydrogen-bond donors (Lipinski definition) is 3. The fraction of sp³-hybridized carbons (Fsp3) is 0.929. The van der Waals surface area contributed by atoms with Gasteiger partial charge >= 0.3 is 0 Å². The molecular formula is C14H27ClN2O2. The molecule has 4 nitrogen and oxygen atoms in total. The van der Waals surface area contributed by atoms with Crippen LogP contribution in [0.25, 0.3) is 0 Å². The van der Waals surface area contributed by atoms with Crippen LogP contribution < -0.4 is 10.6 Å². The molecule has 1 aliphatic heterocycles. The molecule has 1 aliphatic carbocycles. The number of carbonyl (C=O) groups excluding carboxylic acids is 1. The molecule has 0 bridgehead atoms. The molecule has 1 amide bonds. The first-order valence-electron chi connectivity index (χ1n) is 7.49. The molecule has 2 fully saturated rings. The lowest BCUT2D eigenvalue weighted by Crippen LogP contribution is -2.49. The van der Waals surface area contributed by atoms with Gasteiger partial charge in [-0.2, -0.15) is 0 Å². The van der Waals surface area contributed by atoms with Gasteiger partial charge in [-0.25, -0.2) is 0 Å². The number of amides is 1. The maximum Gasteiger partial charge on any atom is 0.250 e. The molecule has 2 rings (SSSR count). The zero-order valence-electron chi connectivity index (χ0n) is 11.6. The van der Waals surface area contributed by atoms with Gasteiger partial charge in [0.05, 0.1) is 0 Å². The van der Waals surface area contributed by atoms with E-state index in [2.05, 4.69) is 10.6 Å². The summed E-state index contributed by atoms with van der Waals surface area (Å²) in [5.74, 6) is -0.181. The predicted molar refractivity (Wildman–Crippen MR) is 78.5 cm³/mol. The van der Waals surface area contributed by atoms with Gasteiger partial charge in [0.1, 0.15) is 6.10 Å². The molecule has 5 heteroatoms. The van der Waals surface area contributed by atoms with E-state index in [0.717, 1.165) is 32.2 Å². The highest BCUT2D eigenvalue weighted by Gasteiger charge is 2.29. The first-order valence-corrected chi connectivity index (χ1v) is 7.49. The Bertz CT molecular complexity index is 262. The van der Waals surface area contributed by atoms with Gasteiger partial charge in [0.2, 0.25) is 0 Å². The molecule has 1 saturated heterocycles. The van der Waals surface area contributed by atoms with Crippen molar-refractivity contribution in [2.75, 3.05) is 6.54 Å². The second-order valence-electron chi connectivity index (χ2n) is 5.70. The molecule has 1 saturated carbocycles. The van der Waals surface area contributed by atoms with Gasteiger partial charge in [-0.3, -0.25) is 4.79 Å². The normalized spacial score (nSPS) is 26.9. The van der Waals surface area contributed by atoms with Crippen LogP contribution in [0.1, 0.15) is 57.8 Å². The van der Waals surface area contributed by atoms with E-state index in [-0.39, 0.29) is 30.4 Å². The van der Waals surface area contributed by atoms with Crippen molar-refractivity contribution in [2.45, 2.75) is 76.0 Å². The highest BCUT2D eigenvalue weighted by molar-refractivity contribution is 5.85. The summed E-state index contributed by atoms with van der Waals surface area (Å²) in [6, 6.07) is 0.229. The standard InChI is InChI=1S/C14H26N2O2.ClH/c17-13(12-9-6-10-15-12)14(18)16-11-7-4-2-1-3-5-8-11;/h11-13,15,17H,1-10H2,(H,16,18);1H. The Morgan fingerprint density at radius 3 is 2.26 bits per heavy atom. The van der Waals surface area contributed by atoms with Gasteiger partial charge in [-0.1, -0.05) is 32.1 Å². The Morgan fingerprint density at radius 2 is 1.68 bits per heavy atom. The smallest absolute Gasteiger partial charge is 0.250 e. The second kappa shape index (κ2) is 8.77. The molecule has 3 N–H and O–H groups in total. The summed E-state index contributed by atoms with van der Waals surface area (Å²) in [6.07, 6.45) is 9.49. The molecule has 2 unspecified atom stereocenters. The monoisotopic (exact) mass is 290 g/mol. The highest BCUT2D eigenvalue weighted by Crippen LogP contribution is 2.17. The van der Waals surface area contributed by atoms with Crippen LogP contribution in [-0.2, 0) is 4.79 Å². The van der Waals surface area contributed by atoms with Gasteiger partial charge in [0.25, 0.3) is 5.91 Å². The van der Waals surface area contributed by atoms with Crippen LogP contribution in [-0.4, -0.2) is 35.7 Å². The molecule has 19 heavy (non-hydrogen) atoms. The number of aliphatic hydroxyl groups is 1. The van der Waals surface area contributed by atoms with Crippen molar-refractivity contribution in [3.8, 4) is 0 Å². The largest absolute Gasteiger partial charge is 0.382 e. The number of hydrogen-bond acceptors (Lipinski definition) is 3. The maximum atomic E-state index is 12.0. The molecular weight excluding hydrogens is 264 g/mol. The topological polar surface area (TPSA) is 61.4 Å². The van der Waals surface area contributed by atoms with E-state index >= 15 is 0 Å². The molecule has 0 radical (unpaired) electrons. The van der Waals surface area contributed by atoms with E-state index in [4.69, 9.17) is 0 Å². The van der Waals surface area contributed by atoms with E-state index in [1.807, 2.05) is 0 Å². The minimum atomic E-state index is -0.877. The van der Waals surface area contributed by atoms with Crippen molar-refractivity contribution in [3.63, 3.8) is 0 Å². The lowest BCUT2D eigenvalue weighted by molar-refractivity contribution is -0.131. The van der Waals surface area contributed by atoms with Crippen LogP contribution in [0.2, 0.25) is 0 Å². The molecule has 1 heterocycles. The lowest BCUT2D eigenvalue weighted by atomic mass is 9.96. The number of aliphatic hydroxyl groups excluding tert-OH is 1. The SMILES string of the molecule is Cl.O=C(NC1CCCCCCC1)C(O)C1CCCN1. The average Bonchev–Trinajstić information content (AvgIpc) is 2.85. The van der Waals surface area contributed by atoms with E-state index in [0.29, 0.717) is 0 Å². The van der Waals surface area contributed by atoms with Gasteiger partial charge in [-0.15, -0.1) is 12.4 Å². The van der Waals surface area contributed by atoms with Crippen LogP contribution in [0.5, 0.6) is 0 Å². The Labute approximate surface area is 122 Å². The van der Waals surface area contributed by atoms with Crippen molar-refractivity contribution in [3.05, 3.63) is 0 Å². The van der Waals surface area contributed by atoms with Crippen molar-refractivity contribution in [2.24, 2.45) is 0 Å². The minimum Gasteiger partial charge on any atom is -0.382 e. The molecule has 2 aliphatic rings. The first-order chi connectivity index (χ1) is 8.77. The Kier molecular flexibility index (Phi) is 7.73. The van der Waals surface area contributed by atoms with Gasteiger partial charge in [0, 0.05) is 12.1 Å². The van der Waals surface area contributed by atoms with E-state index in [1.54, 1.807) is 0 Å². The average molecular weight is 291 g/mol. The quantitative estimate of drug-likeness (QED) is 0.742. The van der Waals surface area contributed by atoms with Gasteiger partial charge in [-0.05, 0) is 32.2 Å². The third-order valence-corrected chi connectivity index (χ3v) is 4.20. The van der Waals surface area contributed by atoms with E-state index < -0.39 is 6.10 Å². The van der Waals surface area contributed by atoms with Crippen molar-refractivity contribution >= 4 is 18.3 Å². The third-order valence-electron chi connectivity index (χ3n) is 4.20. The minimum absolute atomic E-state index is 0. The number of carbonyl (C=O) groups is 1. The van der Waals surface area contributed by atoms with Gasteiger partial charge < -0.3 is 15.7 Å². The van der Waals surface area contributed by atoms with Crippen LogP contribution in [0.3, 0.4) is 0 Å². The number of nitrogens with one attached hydrogen (secondary N) is 2. The van der Waals surface area contributed by atoms with E-state index in [1.165, 1.54) is 32.1 Å². The molecule has 2 atom stereocenters. The predicted octanol–water partition coefficient (Wildman–Crippen LogP) is 1.75. The van der Waals surface area contributed by atoms with Crippen molar-refractivity contribution < 1.29 is 9.90 Å². The summed E-state index contributed by atoms with van der Waals surface area (Å²) in [4.78, 5) is 12.0. The molecule has 112 valence electrons. The highest BCUT2D eigenvalue weighted by atomic mass is 35.5. The summed E-state index contributed by atoms with van der Waals surface area (Å²) < 4.78 is 0. The first kappa shape index (κ1) is 16.7. The van der Waals surface area contributed by atoms with Crippen LogP contribution in [0.4, 0.5) is 0 Å². The Balaban J connectivity index is 0.00000180. The Hall–Kier alpha value is -0.320. The zero-order chi connectivity index (χ0) is 12.8. The fourth-order valence-corrected chi connectivity index (χ4v) is 3.05. The van der Waals surface area contributed by atoms with Crippen LogP contribution >= 0.6 is 12.4 Å². The molecule has 0 aromatic rings. The van der Waals surface area contributed by atoms with Gasteiger partial charge in [0.15, 0.2) is 0 Å². The van der Waals surface area contributed by atoms with Crippen molar-refractivity contribution in [1.82, 2.24) is 10.6 Å². The summed E-state index contributed by atoms with van der Waals surface area (Å²) >= 11 is 0. The molecule has 0 aromatic heterocycles. The Morgan fingerprint density at radius 1 is 1.05 bits per heavy atom. The van der Waals surface area contributed by atoms with Crippen molar-refractivity contribution in [1.29, 1.82) is 0 Å². The van der Waals surface area contributed by atoms with Crippen LogP contribution in [0.15, 0.2) is 0 Å². The fourth-order valence-electron chi connectivity index (χ4n) is 3.05. The molecule has 0 spiro atoms. The molecule has 0 aromatic carbocycles. The van der Waals surface area contributed by atoms with Crippen LogP contribution in [0, 0.1) is 0 Å². The third kappa shape index (κ3) is 5.28. The second-order valence-corrected chi connectivity index (χ2v) is 5.70. The summed E-state index contributed by atoms with van der Waals surface area (Å²) in [5.41, 5.74) is 0. The summed E-state index contributed by atoms with van der Waals surface area (Å²) in [6.45, 7) is 0.915. The number of halogens is 1. The summed E-state index contributed by atoms with van der Waals surface area (Å²) in [5, 5.41) is 16.2. The maximum absolute atomic E-state index is 12.0. The summed E-state index contributed by atoms with van der Waals surface area (Å²) in [7, 11) is 0. The zero-order valence-corrected chi connectivity index (χ0v) is 12.4. The lowest BCUT2D eigenvalue weighted by Gasteiger charge is -2.24.